The lowest BCUT2D eigenvalue weighted by atomic mass is 9.85. The Bertz CT molecular complexity index is 296. The molecule has 1 saturated carbocycles. The predicted molar refractivity (Wildman–Crippen MR) is 77.0 cm³/mol. The summed E-state index contributed by atoms with van der Waals surface area (Å²) in [7, 11) is 0. The van der Waals surface area contributed by atoms with Crippen LogP contribution in [-0.2, 0) is 4.79 Å². The van der Waals surface area contributed by atoms with Gasteiger partial charge in [0, 0.05) is 19.1 Å². The van der Waals surface area contributed by atoms with Gasteiger partial charge in [0.25, 0.3) is 0 Å². The van der Waals surface area contributed by atoms with Gasteiger partial charge in [-0.2, -0.15) is 0 Å². The zero-order chi connectivity index (χ0) is 13.1. The van der Waals surface area contributed by atoms with Gasteiger partial charge in [0.1, 0.15) is 0 Å². The van der Waals surface area contributed by atoms with Crippen molar-refractivity contribution < 1.29 is 4.79 Å². The number of carbonyl (C=O) groups excluding carboxylic acids is 1. The van der Waals surface area contributed by atoms with E-state index in [0.29, 0.717) is 11.9 Å². The summed E-state index contributed by atoms with van der Waals surface area (Å²) in [6.07, 6.45) is 12.8. The summed E-state index contributed by atoms with van der Waals surface area (Å²) in [5.41, 5.74) is 0. The van der Waals surface area contributed by atoms with Gasteiger partial charge < -0.3 is 10.2 Å². The van der Waals surface area contributed by atoms with E-state index in [1.54, 1.807) is 0 Å². The van der Waals surface area contributed by atoms with Crippen molar-refractivity contribution in [1.29, 1.82) is 0 Å². The molecular formula is C16H28N2O. The zero-order valence-electron chi connectivity index (χ0n) is 12.1. The first-order chi connectivity index (χ1) is 9.34. The second-order valence-electron chi connectivity index (χ2n) is 6.70. The summed E-state index contributed by atoms with van der Waals surface area (Å²) in [5, 5.41) is 3.63. The molecule has 3 atom stereocenters. The fraction of sp³-hybridized carbons (Fsp3) is 0.938. The monoisotopic (exact) mass is 264 g/mol. The highest BCUT2D eigenvalue weighted by atomic mass is 16.2. The molecule has 19 heavy (non-hydrogen) atoms. The van der Waals surface area contributed by atoms with Crippen molar-refractivity contribution >= 4 is 5.91 Å². The van der Waals surface area contributed by atoms with Gasteiger partial charge in [-0.1, -0.05) is 32.1 Å². The first-order valence-corrected chi connectivity index (χ1v) is 8.39. The maximum atomic E-state index is 12.7. The van der Waals surface area contributed by atoms with Gasteiger partial charge in [-0.15, -0.1) is 0 Å². The maximum absolute atomic E-state index is 12.7. The van der Waals surface area contributed by atoms with Crippen LogP contribution < -0.4 is 5.32 Å². The molecule has 0 spiro atoms. The molecule has 0 aromatic heterocycles. The first-order valence-electron chi connectivity index (χ1n) is 8.39. The quantitative estimate of drug-likeness (QED) is 0.790. The minimum atomic E-state index is 0.132. The molecule has 1 aliphatic carbocycles. The third-order valence-electron chi connectivity index (χ3n) is 5.33. The average molecular weight is 264 g/mol. The summed E-state index contributed by atoms with van der Waals surface area (Å²) in [5.74, 6) is 1.17. The number of rotatable bonds is 1. The lowest BCUT2D eigenvalue weighted by Gasteiger charge is -2.27. The topological polar surface area (TPSA) is 32.3 Å². The zero-order valence-corrected chi connectivity index (χ0v) is 12.1. The molecule has 3 heteroatoms. The number of nitrogens with zero attached hydrogens (tertiary/aromatic N) is 1. The molecule has 3 nitrogen and oxygen atoms in total. The van der Waals surface area contributed by atoms with Crippen LogP contribution in [0.5, 0.6) is 0 Å². The predicted octanol–water partition coefficient (Wildman–Crippen LogP) is 2.70. The van der Waals surface area contributed by atoms with Crippen LogP contribution >= 0.6 is 0 Å². The van der Waals surface area contributed by atoms with Gasteiger partial charge >= 0.3 is 0 Å². The number of carbonyl (C=O) groups is 1. The van der Waals surface area contributed by atoms with Gasteiger partial charge in [-0.3, -0.25) is 4.79 Å². The van der Waals surface area contributed by atoms with Gasteiger partial charge in [-0.25, -0.2) is 0 Å². The normalized spacial score (nSPS) is 36.4. The van der Waals surface area contributed by atoms with Crippen LogP contribution in [0.2, 0.25) is 0 Å². The molecule has 2 aliphatic heterocycles. The molecule has 1 N–H and O–H groups in total. The average Bonchev–Trinajstić information content (AvgIpc) is 2.81. The van der Waals surface area contributed by atoms with Crippen LogP contribution in [0.25, 0.3) is 0 Å². The Hall–Kier alpha value is -0.570. The minimum Gasteiger partial charge on any atom is -0.341 e. The molecule has 3 aliphatic rings. The van der Waals surface area contributed by atoms with Crippen molar-refractivity contribution in [3.05, 3.63) is 0 Å². The number of amides is 1. The Balaban J connectivity index is 1.57. The highest BCUT2D eigenvalue weighted by molar-refractivity contribution is 5.82. The SMILES string of the molecule is O=C(C1CC2CCCCC2N1)N1CCCCCCC1. The third-order valence-corrected chi connectivity index (χ3v) is 5.33. The van der Waals surface area contributed by atoms with E-state index in [2.05, 4.69) is 10.2 Å². The molecule has 0 aromatic rings. The summed E-state index contributed by atoms with van der Waals surface area (Å²) >= 11 is 0. The van der Waals surface area contributed by atoms with Crippen molar-refractivity contribution in [2.24, 2.45) is 5.92 Å². The van der Waals surface area contributed by atoms with Crippen LogP contribution in [0.15, 0.2) is 0 Å². The van der Waals surface area contributed by atoms with Crippen LogP contribution in [0.3, 0.4) is 0 Å². The summed E-state index contributed by atoms with van der Waals surface area (Å²) < 4.78 is 0. The molecule has 2 heterocycles. The van der Waals surface area contributed by atoms with Gasteiger partial charge in [0.15, 0.2) is 0 Å². The van der Waals surface area contributed by atoms with E-state index in [1.165, 1.54) is 57.8 Å². The van der Waals surface area contributed by atoms with E-state index in [1.807, 2.05) is 0 Å². The second-order valence-corrected chi connectivity index (χ2v) is 6.70. The van der Waals surface area contributed by atoms with Crippen LogP contribution in [-0.4, -0.2) is 36.0 Å². The maximum Gasteiger partial charge on any atom is 0.239 e. The largest absolute Gasteiger partial charge is 0.341 e. The molecular weight excluding hydrogens is 236 g/mol. The highest BCUT2D eigenvalue weighted by Gasteiger charge is 2.39. The lowest BCUT2D eigenvalue weighted by Crippen LogP contribution is -2.46. The van der Waals surface area contributed by atoms with Crippen molar-refractivity contribution in [2.75, 3.05) is 13.1 Å². The van der Waals surface area contributed by atoms with Crippen molar-refractivity contribution in [3.63, 3.8) is 0 Å². The van der Waals surface area contributed by atoms with Crippen LogP contribution in [0.4, 0.5) is 0 Å². The van der Waals surface area contributed by atoms with Crippen LogP contribution in [0.1, 0.15) is 64.2 Å². The van der Waals surface area contributed by atoms with Crippen LogP contribution in [0, 0.1) is 5.92 Å². The molecule has 0 bridgehead atoms. The standard InChI is InChI=1S/C16H28N2O/c19-16(18-10-6-2-1-3-7-11-18)15-12-13-8-4-5-9-14(13)17-15/h13-15,17H,1-12H2. The van der Waals surface area contributed by atoms with Gasteiger partial charge in [0.2, 0.25) is 5.91 Å². The fourth-order valence-corrected chi connectivity index (χ4v) is 4.20. The molecule has 3 rings (SSSR count). The summed E-state index contributed by atoms with van der Waals surface area (Å²) in [6.45, 7) is 1.98. The van der Waals surface area contributed by atoms with E-state index in [9.17, 15) is 4.79 Å². The number of fused-ring (bicyclic) bond motifs is 1. The molecule has 108 valence electrons. The van der Waals surface area contributed by atoms with E-state index in [4.69, 9.17) is 0 Å². The molecule has 2 saturated heterocycles. The number of hydrogen-bond donors (Lipinski definition) is 1. The fourth-order valence-electron chi connectivity index (χ4n) is 4.20. The molecule has 3 unspecified atom stereocenters. The van der Waals surface area contributed by atoms with Gasteiger partial charge in [-0.05, 0) is 38.0 Å². The Morgan fingerprint density at radius 1 is 0.895 bits per heavy atom. The molecule has 1 amide bonds. The van der Waals surface area contributed by atoms with Gasteiger partial charge in [0.05, 0.1) is 6.04 Å². The van der Waals surface area contributed by atoms with Crippen molar-refractivity contribution in [2.45, 2.75) is 76.3 Å². The Morgan fingerprint density at radius 3 is 2.32 bits per heavy atom. The Labute approximate surface area is 117 Å². The van der Waals surface area contributed by atoms with E-state index in [0.717, 1.165) is 25.4 Å². The Kier molecular flexibility index (Phi) is 4.42. The van der Waals surface area contributed by atoms with E-state index < -0.39 is 0 Å². The second kappa shape index (κ2) is 6.25. The van der Waals surface area contributed by atoms with Crippen molar-refractivity contribution in [1.82, 2.24) is 10.2 Å². The minimum absolute atomic E-state index is 0.132. The summed E-state index contributed by atoms with van der Waals surface area (Å²) in [4.78, 5) is 14.8. The first kappa shape index (κ1) is 13.4. The van der Waals surface area contributed by atoms with E-state index >= 15 is 0 Å². The smallest absolute Gasteiger partial charge is 0.239 e. The number of likely N-dealkylation sites (tertiary alicyclic amines) is 1. The molecule has 0 radical (unpaired) electrons. The highest BCUT2D eigenvalue weighted by Crippen LogP contribution is 2.33. The van der Waals surface area contributed by atoms with E-state index in [-0.39, 0.29) is 6.04 Å². The number of hydrogen-bond acceptors (Lipinski definition) is 2. The molecule has 0 aromatic carbocycles. The molecule has 3 fully saturated rings. The lowest BCUT2D eigenvalue weighted by molar-refractivity contribution is -0.133. The number of nitrogens with one attached hydrogen (secondary N) is 1. The Morgan fingerprint density at radius 2 is 1.58 bits per heavy atom. The third kappa shape index (κ3) is 3.13. The van der Waals surface area contributed by atoms with Crippen molar-refractivity contribution in [3.8, 4) is 0 Å². The summed E-state index contributed by atoms with van der Waals surface area (Å²) in [6, 6.07) is 0.769.